The number of amides is 1. The number of likely N-dealkylation sites (tertiary alicyclic amines) is 1. The predicted octanol–water partition coefficient (Wildman–Crippen LogP) is 2.66. The lowest BCUT2D eigenvalue weighted by molar-refractivity contribution is 0.0788. The minimum absolute atomic E-state index is 0.157. The summed E-state index contributed by atoms with van der Waals surface area (Å²) < 4.78 is 0. The fourth-order valence-corrected chi connectivity index (χ4v) is 3.85. The molecule has 3 nitrogen and oxygen atoms in total. The van der Waals surface area contributed by atoms with Crippen molar-refractivity contribution >= 4 is 5.91 Å². The van der Waals surface area contributed by atoms with Gasteiger partial charge in [-0.05, 0) is 42.5 Å². The molecule has 0 saturated carbocycles. The molecule has 118 valence electrons. The Morgan fingerprint density at radius 1 is 0.913 bits per heavy atom. The lowest BCUT2D eigenvalue weighted by Crippen LogP contribution is -2.41. The molecule has 4 rings (SSSR count). The highest BCUT2D eigenvalue weighted by atomic mass is 16.2. The van der Waals surface area contributed by atoms with Crippen molar-refractivity contribution in [1.29, 1.82) is 0 Å². The molecule has 2 aliphatic rings. The van der Waals surface area contributed by atoms with Gasteiger partial charge in [-0.25, -0.2) is 0 Å². The molecule has 2 aromatic carbocycles. The fraction of sp³-hybridized carbons (Fsp3) is 0.350. The number of hydrogen-bond donors (Lipinski definition) is 1. The number of rotatable bonds is 3. The van der Waals surface area contributed by atoms with Crippen LogP contribution in [0.4, 0.5) is 0 Å². The Morgan fingerprint density at radius 3 is 2.26 bits per heavy atom. The first-order chi connectivity index (χ1) is 11.3. The normalized spacial score (nSPS) is 20.7. The molecule has 3 heteroatoms. The highest BCUT2D eigenvalue weighted by Crippen LogP contribution is 2.23. The number of carbonyl (C=O) groups excluding carboxylic acids is 1. The van der Waals surface area contributed by atoms with Crippen LogP contribution in [0.5, 0.6) is 0 Å². The van der Waals surface area contributed by atoms with E-state index >= 15 is 0 Å². The first-order valence-electron chi connectivity index (χ1n) is 8.47. The van der Waals surface area contributed by atoms with Gasteiger partial charge < -0.3 is 10.2 Å². The number of carbonyl (C=O) groups is 1. The summed E-state index contributed by atoms with van der Waals surface area (Å²) in [6.45, 7) is 1.67. The largest absolute Gasteiger partial charge is 0.337 e. The molecule has 1 N–H and O–H groups in total. The van der Waals surface area contributed by atoms with Gasteiger partial charge in [-0.3, -0.25) is 4.79 Å². The summed E-state index contributed by atoms with van der Waals surface area (Å²) in [6.07, 6.45) is 3.27. The zero-order valence-corrected chi connectivity index (χ0v) is 13.2. The maximum Gasteiger partial charge on any atom is 0.253 e. The van der Waals surface area contributed by atoms with Crippen LogP contribution < -0.4 is 5.32 Å². The average molecular weight is 306 g/mol. The van der Waals surface area contributed by atoms with E-state index in [2.05, 4.69) is 29.6 Å². The highest BCUT2D eigenvalue weighted by molar-refractivity contribution is 5.94. The molecule has 1 aliphatic carbocycles. The SMILES string of the molecule is O=C(c1ccccc1)N1CCC(NC2Cc3ccccc3C2)C1. The number of nitrogens with one attached hydrogen (secondary N) is 1. The van der Waals surface area contributed by atoms with Crippen LogP contribution in [0, 0.1) is 0 Å². The third-order valence-corrected chi connectivity index (χ3v) is 5.02. The van der Waals surface area contributed by atoms with E-state index in [4.69, 9.17) is 0 Å². The van der Waals surface area contributed by atoms with Crippen molar-refractivity contribution in [2.45, 2.75) is 31.3 Å². The van der Waals surface area contributed by atoms with Crippen LogP contribution in [0.25, 0.3) is 0 Å². The molecule has 1 atom stereocenters. The lowest BCUT2D eigenvalue weighted by Gasteiger charge is -2.20. The second-order valence-electron chi connectivity index (χ2n) is 6.64. The zero-order valence-electron chi connectivity index (χ0n) is 13.2. The lowest BCUT2D eigenvalue weighted by atomic mass is 10.1. The quantitative estimate of drug-likeness (QED) is 0.945. The molecule has 0 spiro atoms. The molecule has 0 bridgehead atoms. The first-order valence-corrected chi connectivity index (χ1v) is 8.47. The van der Waals surface area contributed by atoms with E-state index in [1.54, 1.807) is 0 Å². The zero-order chi connectivity index (χ0) is 15.6. The maximum absolute atomic E-state index is 12.5. The number of hydrogen-bond acceptors (Lipinski definition) is 2. The Morgan fingerprint density at radius 2 is 1.57 bits per heavy atom. The van der Waals surface area contributed by atoms with Crippen LogP contribution in [-0.4, -0.2) is 36.0 Å². The van der Waals surface area contributed by atoms with E-state index in [1.807, 2.05) is 35.2 Å². The van der Waals surface area contributed by atoms with Gasteiger partial charge in [0.25, 0.3) is 5.91 Å². The molecule has 1 aliphatic heterocycles. The summed E-state index contributed by atoms with van der Waals surface area (Å²) in [4.78, 5) is 14.5. The van der Waals surface area contributed by atoms with E-state index < -0.39 is 0 Å². The molecular weight excluding hydrogens is 284 g/mol. The summed E-state index contributed by atoms with van der Waals surface area (Å²) in [5.74, 6) is 0.157. The molecular formula is C20H22N2O. The van der Waals surface area contributed by atoms with Gasteiger partial charge in [-0.15, -0.1) is 0 Å². The van der Waals surface area contributed by atoms with Crippen LogP contribution in [0.2, 0.25) is 0 Å². The second kappa shape index (κ2) is 6.17. The van der Waals surface area contributed by atoms with E-state index in [9.17, 15) is 4.79 Å². The summed E-state index contributed by atoms with van der Waals surface area (Å²) in [7, 11) is 0. The third kappa shape index (κ3) is 3.02. The van der Waals surface area contributed by atoms with Gasteiger partial charge in [-0.2, -0.15) is 0 Å². The fourth-order valence-electron chi connectivity index (χ4n) is 3.85. The van der Waals surface area contributed by atoms with Crippen molar-refractivity contribution in [3.8, 4) is 0 Å². The maximum atomic E-state index is 12.5. The molecule has 2 aromatic rings. The number of fused-ring (bicyclic) bond motifs is 1. The first kappa shape index (κ1) is 14.5. The predicted molar refractivity (Wildman–Crippen MR) is 91.5 cm³/mol. The van der Waals surface area contributed by atoms with Gasteiger partial charge >= 0.3 is 0 Å². The third-order valence-electron chi connectivity index (χ3n) is 5.02. The average Bonchev–Trinajstić information content (AvgIpc) is 3.21. The van der Waals surface area contributed by atoms with Crippen LogP contribution in [0.15, 0.2) is 54.6 Å². The Kier molecular flexibility index (Phi) is 3.88. The Hall–Kier alpha value is -2.13. The van der Waals surface area contributed by atoms with E-state index in [0.29, 0.717) is 12.1 Å². The van der Waals surface area contributed by atoms with Crippen molar-refractivity contribution in [2.75, 3.05) is 13.1 Å². The standard InChI is InChI=1S/C20H22N2O/c23-20(15-6-2-1-3-7-15)22-11-10-18(14-22)21-19-12-16-8-4-5-9-17(16)13-19/h1-9,18-19,21H,10-14H2. The van der Waals surface area contributed by atoms with Crippen LogP contribution >= 0.6 is 0 Å². The van der Waals surface area contributed by atoms with Crippen molar-refractivity contribution < 1.29 is 4.79 Å². The highest BCUT2D eigenvalue weighted by Gasteiger charge is 2.30. The summed E-state index contributed by atoms with van der Waals surface area (Å²) in [6, 6.07) is 19.2. The smallest absolute Gasteiger partial charge is 0.253 e. The molecule has 0 aromatic heterocycles. The van der Waals surface area contributed by atoms with Crippen molar-refractivity contribution in [3.63, 3.8) is 0 Å². The van der Waals surface area contributed by atoms with Crippen molar-refractivity contribution in [3.05, 3.63) is 71.3 Å². The van der Waals surface area contributed by atoms with E-state index in [0.717, 1.165) is 37.9 Å². The summed E-state index contributed by atoms with van der Waals surface area (Å²) in [5, 5.41) is 3.77. The molecule has 1 amide bonds. The van der Waals surface area contributed by atoms with Crippen molar-refractivity contribution in [2.24, 2.45) is 0 Å². The monoisotopic (exact) mass is 306 g/mol. The van der Waals surface area contributed by atoms with Crippen LogP contribution in [0.3, 0.4) is 0 Å². The van der Waals surface area contributed by atoms with Gasteiger partial charge in [0.05, 0.1) is 0 Å². The number of nitrogens with zero attached hydrogens (tertiary/aromatic N) is 1. The van der Waals surface area contributed by atoms with Gasteiger partial charge in [0.1, 0.15) is 0 Å². The summed E-state index contributed by atoms with van der Waals surface area (Å²) >= 11 is 0. The molecule has 1 heterocycles. The van der Waals surface area contributed by atoms with Crippen LogP contribution in [-0.2, 0) is 12.8 Å². The minimum Gasteiger partial charge on any atom is -0.337 e. The molecule has 23 heavy (non-hydrogen) atoms. The number of benzene rings is 2. The van der Waals surface area contributed by atoms with E-state index in [-0.39, 0.29) is 5.91 Å². The van der Waals surface area contributed by atoms with Gasteiger partial charge in [0.15, 0.2) is 0 Å². The molecule has 1 unspecified atom stereocenters. The second-order valence-corrected chi connectivity index (χ2v) is 6.64. The summed E-state index contributed by atoms with van der Waals surface area (Å²) in [5.41, 5.74) is 3.74. The Balaban J connectivity index is 1.34. The van der Waals surface area contributed by atoms with E-state index in [1.165, 1.54) is 11.1 Å². The molecule has 1 saturated heterocycles. The topological polar surface area (TPSA) is 32.3 Å². The van der Waals surface area contributed by atoms with Gasteiger partial charge in [0, 0.05) is 30.7 Å². The minimum atomic E-state index is 0.157. The molecule has 0 radical (unpaired) electrons. The Bertz CT molecular complexity index is 673. The van der Waals surface area contributed by atoms with Gasteiger partial charge in [-0.1, -0.05) is 42.5 Å². The van der Waals surface area contributed by atoms with Crippen molar-refractivity contribution in [1.82, 2.24) is 10.2 Å². The van der Waals surface area contributed by atoms with Crippen LogP contribution in [0.1, 0.15) is 27.9 Å². The van der Waals surface area contributed by atoms with Gasteiger partial charge in [0.2, 0.25) is 0 Å². The Labute approximate surface area is 137 Å². The molecule has 1 fully saturated rings.